The van der Waals surface area contributed by atoms with Crippen LogP contribution in [0.1, 0.15) is 75.5 Å². The van der Waals surface area contributed by atoms with Gasteiger partial charge in [-0.3, -0.25) is 9.79 Å². The first-order valence-electron chi connectivity index (χ1n) is 11.2. The van der Waals surface area contributed by atoms with Gasteiger partial charge in [0.25, 0.3) is 0 Å². The number of rotatable bonds is 5. The van der Waals surface area contributed by atoms with Gasteiger partial charge in [-0.25, -0.2) is 0 Å². The minimum Gasteiger partial charge on any atom is -0.316 e. The molecule has 28 heavy (non-hydrogen) atoms. The molecule has 4 saturated carbocycles. The molecule has 0 spiro atoms. The van der Waals surface area contributed by atoms with E-state index in [1.165, 1.54) is 36.0 Å². The molecular formula is C25H34N2O. The number of fused-ring (bicyclic) bond motifs is 1. The predicted octanol–water partition coefficient (Wildman–Crippen LogP) is 4.71. The van der Waals surface area contributed by atoms with Gasteiger partial charge in [0.1, 0.15) is 5.78 Å². The van der Waals surface area contributed by atoms with E-state index in [0.29, 0.717) is 12.2 Å². The van der Waals surface area contributed by atoms with E-state index >= 15 is 0 Å². The van der Waals surface area contributed by atoms with Crippen LogP contribution in [0.4, 0.5) is 0 Å². The molecule has 6 rings (SSSR count). The number of hydrogen-bond acceptors (Lipinski definition) is 3. The zero-order valence-corrected chi connectivity index (χ0v) is 17.7. The van der Waals surface area contributed by atoms with Gasteiger partial charge in [0.2, 0.25) is 0 Å². The van der Waals surface area contributed by atoms with Crippen LogP contribution in [0.5, 0.6) is 0 Å². The Kier molecular flexibility index (Phi) is 4.32. The van der Waals surface area contributed by atoms with Gasteiger partial charge in [-0.2, -0.15) is 0 Å². The van der Waals surface area contributed by atoms with Crippen molar-refractivity contribution in [2.75, 3.05) is 7.05 Å². The Morgan fingerprint density at radius 3 is 2.36 bits per heavy atom. The highest BCUT2D eigenvalue weighted by molar-refractivity contribution is 6.13. The molecular weight excluding hydrogens is 344 g/mol. The van der Waals surface area contributed by atoms with Gasteiger partial charge in [-0.15, -0.1) is 0 Å². The summed E-state index contributed by atoms with van der Waals surface area (Å²) < 4.78 is 0. The van der Waals surface area contributed by atoms with Crippen LogP contribution in [0.2, 0.25) is 0 Å². The molecule has 0 atom stereocenters. The molecule has 0 amide bonds. The van der Waals surface area contributed by atoms with E-state index in [1.807, 2.05) is 7.05 Å². The summed E-state index contributed by atoms with van der Waals surface area (Å²) in [5.41, 5.74) is 4.76. The van der Waals surface area contributed by atoms with E-state index in [-0.39, 0.29) is 11.0 Å². The van der Waals surface area contributed by atoms with Crippen molar-refractivity contribution in [3.8, 4) is 0 Å². The number of nitrogens with zero attached hydrogens (tertiary/aromatic N) is 1. The number of benzene rings is 1. The van der Waals surface area contributed by atoms with Crippen molar-refractivity contribution in [1.29, 1.82) is 0 Å². The van der Waals surface area contributed by atoms with Crippen LogP contribution in [0.15, 0.2) is 23.2 Å². The maximum atomic E-state index is 13.7. The average molecular weight is 379 g/mol. The fraction of sp³-hybridized carbons (Fsp3) is 0.680. The molecule has 5 aliphatic rings. The second kappa shape index (κ2) is 6.52. The van der Waals surface area contributed by atoms with Crippen molar-refractivity contribution in [3.05, 3.63) is 34.9 Å². The maximum absolute atomic E-state index is 13.7. The van der Waals surface area contributed by atoms with Gasteiger partial charge >= 0.3 is 0 Å². The molecule has 0 saturated heterocycles. The van der Waals surface area contributed by atoms with Gasteiger partial charge in [0.15, 0.2) is 0 Å². The van der Waals surface area contributed by atoms with Gasteiger partial charge in [0, 0.05) is 18.4 Å². The number of Topliss-reactive ketones (excluding diaryl/α,β-unsaturated/α-hetero) is 1. The van der Waals surface area contributed by atoms with E-state index < -0.39 is 0 Å². The Bertz CT molecular complexity index is 800. The first-order valence-corrected chi connectivity index (χ1v) is 11.2. The molecule has 150 valence electrons. The van der Waals surface area contributed by atoms with Crippen LogP contribution in [-0.4, -0.2) is 24.1 Å². The third-order valence-corrected chi connectivity index (χ3v) is 7.88. The molecule has 4 bridgehead atoms. The monoisotopic (exact) mass is 378 g/mol. The summed E-state index contributed by atoms with van der Waals surface area (Å²) in [5.74, 6) is 2.94. The van der Waals surface area contributed by atoms with Gasteiger partial charge in [-0.05, 0) is 106 Å². The zero-order chi connectivity index (χ0) is 19.5. The smallest absolute Gasteiger partial charge is 0.145 e. The van der Waals surface area contributed by atoms with Crippen molar-refractivity contribution in [2.45, 2.75) is 77.3 Å². The molecule has 1 N–H and O–H groups in total. The molecule has 1 heterocycles. The third kappa shape index (κ3) is 3.16. The molecule has 0 radical (unpaired) electrons. The summed E-state index contributed by atoms with van der Waals surface area (Å²) >= 11 is 0. The number of aliphatic imine (C=N–C) groups is 1. The molecule has 1 aromatic carbocycles. The van der Waals surface area contributed by atoms with Gasteiger partial charge in [-0.1, -0.05) is 12.1 Å². The summed E-state index contributed by atoms with van der Waals surface area (Å²) in [6, 6.07) is 6.75. The van der Waals surface area contributed by atoms with Crippen LogP contribution >= 0.6 is 0 Å². The maximum Gasteiger partial charge on any atom is 0.145 e. The number of nitrogens with one attached hydrogen (secondary N) is 1. The van der Waals surface area contributed by atoms with E-state index in [4.69, 9.17) is 4.99 Å². The van der Waals surface area contributed by atoms with Crippen LogP contribution in [0, 0.1) is 23.2 Å². The molecule has 3 heteroatoms. The number of carbonyl (C=O) groups is 1. The predicted molar refractivity (Wildman–Crippen MR) is 114 cm³/mol. The summed E-state index contributed by atoms with van der Waals surface area (Å²) in [5, 5.41) is 3.24. The summed E-state index contributed by atoms with van der Waals surface area (Å²) in [6.07, 6.45) is 9.11. The van der Waals surface area contributed by atoms with Crippen molar-refractivity contribution in [2.24, 2.45) is 28.2 Å². The third-order valence-electron chi connectivity index (χ3n) is 7.88. The lowest BCUT2D eigenvalue weighted by atomic mass is 9.48. The first-order chi connectivity index (χ1) is 13.4. The highest BCUT2D eigenvalue weighted by atomic mass is 16.1. The van der Waals surface area contributed by atoms with Crippen LogP contribution in [-0.2, 0) is 17.8 Å². The van der Waals surface area contributed by atoms with E-state index in [1.54, 1.807) is 0 Å². The molecule has 1 aromatic rings. The van der Waals surface area contributed by atoms with Crippen molar-refractivity contribution >= 4 is 11.5 Å². The van der Waals surface area contributed by atoms with Crippen LogP contribution in [0.3, 0.4) is 0 Å². The number of hydrogen-bond donors (Lipinski definition) is 1. The summed E-state index contributed by atoms with van der Waals surface area (Å²) in [6.45, 7) is 5.26. The SMILES string of the molecule is CNCc1ccc2c(c1)C(CC(=O)C13CC4CC(CC(C4)C1)C3)=NC(C)(C)C2. The van der Waals surface area contributed by atoms with E-state index in [9.17, 15) is 4.79 Å². The second-order valence-electron chi connectivity index (χ2n) is 10.9. The Labute approximate surface area is 169 Å². The Hall–Kier alpha value is -1.48. The lowest BCUT2D eigenvalue weighted by molar-refractivity contribution is -0.142. The largest absolute Gasteiger partial charge is 0.316 e. The fourth-order valence-corrected chi connectivity index (χ4v) is 7.22. The highest BCUT2D eigenvalue weighted by Crippen LogP contribution is 2.60. The fourth-order valence-electron chi connectivity index (χ4n) is 7.22. The Balaban J connectivity index is 1.45. The standard InChI is InChI=1S/C25H34N2O/c1-24(2)14-20-5-4-16(15-26-3)9-21(20)22(27-24)10-23(28)25-11-17-6-18(12-25)8-19(7-17)13-25/h4-5,9,17-19,26H,6-8,10-15H2,1-3H3. The number of carbonyl (C=O) groups excluding carboxylic acids is 1. The average Bonchev–Trinajstić information content (AvgIpc) is 2.60. The topological polar surface area (TPSA) is 41.5 Å². The van der Waals surface area contributed by atoms with Gasteiger partial charge < -0.3 is 5.32 Å². The second-order valence-corrected chi connectivity index (χ2v) is 10.9. The highest BCUT2D eigenvalue weighted by Gasteiger charge is 2.54. The van der Waals surface area contributed by atoms with Crippen molar-refractivity contribution < 1.29 is 4.79 Å². The normalized spacial score (nSPS) is 34.8. The lowest BCUT2D eigenvalue weighted by Crippen LogP contribution is -2.50. The molecule has 1 aliphatic heterocycles. The quantitative estimate of drug-likeness (QED) is 0.806. The van der Waals surface area contributed by atoms with Crippen molar-refractivity contribution in [1.82, 2.24) is 5.32 Å². The summed E-state index contributed by atoms with van der Waals surface area (Å²) in [7, 11) is 1.98. The van der Waals surface area contributed by atoms with Crippen LogP contribution < -0.4 is 5.32 Å². The molecule has 3 nitrogen and oxygen atoms in total. The molecule has 4 fully saturated rings. The van der Waals surface area contributed by atoms with Gasteiger partial charge in [0.05, 0.1) is 11.3 Å². The minimum atomic E-state index is -0.116. The first kappa shape index (κ1) is 18.5. The molecule has 4 aliphatic carbocycles. The number of ketones is 1. The lowest BCUT2D eigenvalue weighted by Gasteiger charge is -2.56. The van der Waals surface area contributed by atoms with Crippen molar-refractivity contribution in [3.63, 3.8) is 0 Å². The minimum absolute atomic E-state index is 0.0262. The molecule has 0 aromatic heterocycles. The van der Waals surface area contributed by atoms with Crippen LogP contribution in [0.25, 0.3) is 0 Å². The Morgan fingerprint density at radius 1 is 1.11 bits per heavy atom. The zero-order valence-electron chi connectivity index (χ0n) is 17.7. The van der Waals surface area contributed by atoms with E-state index in [0.717, 1.165) is 55.7 Å². The van der Waals surface area contributed by atoms with E-state index in [2.05, 4.69) is 37.4 Å². The Morgan fingerprint density at radius 2 is 1.75 bits per heavy atom. The summed E-state index contributed by atoms with van der Waals surface area (Å²) in [4.78, 5) is 18.8. The molecule has 0 unspecified atom stereocenters.